The zero-order chi connectivity index (χ0) is 18.6. The van der Waals surface area contributed by atoms with E-state index in [1.54, 1.807) is 13.0 Å². The highest BCUT2D eigenvalue weighted by atomic mass is 16.5. The molecule has 0 bridgehead atoms. The predicted molar refractivity (Wildman–Crippen MR) is 97.4 cm³/mol. The maximum atomic E-state index is 12.3. The molecule has 2 aromatic rings. The third-order valence-electron chi connectivity index (χ3n) is 3.71. The van der Waals surface area contributed by atoms with Crippen LogP contribution in [0.3, 0.4) is 0 Å². The van der Waals surface area contributed by atoms with Crippen LogP contribution >= 0.6 is 0 Å². The molecule has 132 valence electrons. The molecule has 0 spiro atoms. The fourth-order valence-corrected chi connectivity index (χ4v) is 2.60. The highest BCUT2D eigenvalue weighted by Gasteiger charge is 2.13. The van der Waals surface area contributed by atoms with Crippen LogP contribution in [0.2, 0.25) is 0 Å². The molecule has 0 aliphatic heterocycles. The van der Waals surface area contributed by atoms with Crippen LogP contribution in [0.25, 0.3) is 0 Å². The van der Waals surface area contributed by atoms with E-state index in [9.17, 15) is 14.7 Å². The Bertz CT molecular complexity index is 796. The smallest absolute Gasteiger partial charge is 0.336 e. The summed E-state index contributed by atoms with van der Waals surface area (Å²) in [5.74, 6) is -0.489. The molecule has 5 heteroatoms. The summed E-state index contributed by atoms with van der Waals surface area (Å²) < 4.78 is 5.63. The first-order chi connectivity index (χ1) is 11.8. The van der Waals surface area contributed by atoms with Crippen molar-refractivity contribution in [2.24, 2.45) is 0 Å². The topological polar surface area (TPSA) is 75.6 Å². The van der Waals surface area contributed by atoms with Crippen molar-refractivity contribution in [3.8, 4) is 5.75 Å². The second-order valence-electron chi connectivity index (χ2n) is 6.33. The van der Waals surface area contributed by atoms with Crippen molar-refractivity contribution in [1.82, 2.24) is 0 Å². The number of ether oxygens (including phenoxy) is 1. The van der Waals surface area contributed by atoms with Gasteiger partial charge < -0.3 is 15.2 Å². The fourth-order valence-electron chi connectivity index (χ4n) is 2.60. The van der Waals surface area contributed by atoms with Gasteiger partial charge in [0, 0.05) is 5.69 Å². The molecule has 2 N–H and O–H groups in total. The molecule has 0 aliphatic rings. The molecule has 0 radical (unpaired) electrons. The number of benzene rings is 2. The van der Waals surface area contributed by atoms with Crippen LogP contribution in [-0.4, -0.2) is 23.1 Å². The van der Waals surface area contributed by atoms with Crippen molar-refractivity contribution in [1.29, 1.82) is 0 Å². The van der Waals surface area contributed by atoms with E-state index in [0.717, 1.165) is 16.9 Å². The molecular weight excluding hydrogens is 318 g/mol. The van der Waals surface area contributed by atoms with Gasteiger partial charge >= 0.3 is 5.97 Å². The second-order valence-corrected chi connectivity index (χ2v) is 6.33. The van der Waals surface area contributed by atoms with E-state index in [4.69, 9.17) is 4.74 Å². The molecule has 5 nitrogen and oxygen atoms in total. The summed E-state index contributed by atoms with van der Waals surface area (Å²) >= 11 is 0. The molecule has 0 saturated heterocycles. The molecular formula is C20H23NO4. The third kappa shape index (κ3) is 5.08. The minimum atomic E-state index is -1.01. The van der Waals surface area contributed by atoms with Gasteiger partial charge in [0.2, 0.25) is 5.91 Å². The van der Waals surface area contributed by atoms with Crippen LogP contribution in [0.4, 0.5) is 5.69 Å². The number of anilines is 1. The molecule has 25 heavy (non-hydrogen) atoms. The van der Waals surface area contributed by atoms with Gasteiger partial charge in [-0.3, -0.25) is 4.79 Å². The lowest BCUT2D eigenvalue weighted by Gasteiger charge is -2.13. The predicted octanol–water partition coefficient (Wildman–Crippen LogP) is 3.97. The van der Waals surface area contributed by atoms with E-state index < -0.39 is 5.97 Å². The molecule has 0 aromatic heterocycles. The lowest BCUT2D eigenvalue weighted by Crippen LogP contribution is -2.16. The first-order valence-corrected chi connectivity index (χ1v) is 8.16. The second kappa shape index (κ2) is 7.83. The number of carboxylic acids is 1. The minimum Gasteiger partial charge on any atom is -0.491 e. The Hall–Kier alpha value is -2.82. The Morgan fingerprint density at radius 2 is 1.84 bits per heavy atom. The standard InChI is InChI=1S/C20H23NO4/c1-12(2)25-16-7-5-6-15(9-16)10-19(22)21-18-11-17(20(23)24)13(3)8-14(18)4/h5-9,11-12H,10H2,1-4H3,(H,21,22)(H,23,24). The molecule has 0 atom stereocenters. The van der Waals surface area contributed by atoms with Gasteiger partial charge in [-0.05, 0) is 62.6 Å². The zero-order valence-corrected chi connectivity index (χ0v) is 14.9. The van der Waals surface area contributed by atoms with Crippen LogP contribution in [0.1, 0.15) is 40.9 Å². The molecule has 2 aromatic carbocycles. The maximum absolute atomic E-state index is 12.3. The van der Waals surface area contributed by atoms with Crippen molar-refractivity contribution in [3.63, 3.8) is 0 Å². The third-order valence-corrected chi connectivity index (χ3v) is 3.71. The quantitative estimate of drug-likeness (QED) is 0.833. The van der Waals surface area contributed by atoms with Gasteiger partial charge in [-0.2, -0.15) is 0 Å². The lowest BCUT2D eigenvalue weighted by atomic mass is 10.0. The number of carboxylic acid groups (broad SMARTS) is 1. The summed E-state index contributed by atoms with van der Waals surface area (Å²) in [4.78, 5) is 23.6. The minimum absolute atomic E-state index is 0.0636. The van der Waals surface area contributed by atoms with Gasteiger partial charge in [0.15, 0.2) is 0 Å². The van der Waals surface area contributed by atoms with E-state index in [2.05, 4.69) is 5.32 Å². The van der Waals surface area contributed by atoms with Gasteiger partial charge in [0.05, 0.1) is 18.1 Å². The first-order valence-electron chi connectivity index (χ1n) is 8.16. The van der Waals surface area contributed by atoms with Crippen LogP contribution < -0.4 is 10.1 Å². The number of hydrogen-bond donors (Lipinski definition) is 2. The Kier molecular flexibility index (Phi) is 5.80. The number of carbonyl (C=O) groups is 2. The molecule has 0 aliphatic carbocycles. The maximum Gasteiger partial charge on any atom is 0.336 e. The number of aryl methyl sites for hydroxylation is 2. The fraction of sp³-hybridized carbons (Fsp3) is 0.300. The van der Waals surface area contributed by atoms with Gasteiger partial charge in [-0.1, -0.05) is 18.2 Å². The number of carbonyl (C=O) groups excluding carboxylic acids is 1. The van der Waals surface area contributed by atoms with E-state index in [1.807, 2.05) is 45.0 Å². The summed E-state index contributed by atoms with van der Waals surface area (Å²) in [6, 6.07) is 10.7. The number of rotatable bonds is 6. The molecule has 0 heterocycles. The van der Waals surface area contributed by atoms with Crippen LogP contribution in [0.5, 0.6) is 5.75 Å². The average molecular weight is 341 g/mol. The van der Waals surface area contributed by atoms with Gasteiger partial charge in [0.25, 0.3) is 0 Å². The highest BCUT2D eigenvalue weighted by Crippen LogP contribution is 2.21. The van der Waals surface area contributed by atoms with Crippen LogP contribution in [0.15, 0.2) is 36.4 Å². The summed E-state index contributed by atoms with van der Waals surface area (Å²) in [7, 11) is 0. The van der Waals surface area contributed by atoms with E-state index in [-0.39, 0.29) is 24.0 Å². The normalized spacial score (nSPS) is 10.6. The average Bonchev–Trinajstić information content (AvgIpc) is 2.49. The van der Waals surface area contributed by atoms with E-state index in [1.165, 1.54) is 6.07 Å². The Balaban J connectivity index is 2.13. The van der Waals surface area contributed by atoms with Gasteiger partial charge in [0.1, 0.15) is 5.75 Å². The Labute approximate surface area is 147 Å². The largest absolute Gasteiger partial charge is 0.491 e. The zero-order valence-electron chi connectivity index (χ0n) is 14.9. The molecule has 1 amide bonds. The van der Waals surface area contributed by atoms with Crippen LogP contribution in [-0.2, 0) is 11.2 Å². The Morgan fingerprint density at radius 1 is 1.12 bits per heavy atom. The van der Waals surface area contributed by atoms with Crippen molar-refractivity contribution in [2.45, 2.75) is 40.2 Å². The van der Waals surface area contributed by atoms with Crippen molar-refractivity contribution in [2.75, 3.05) is 5.32 Å². The van der Waals surface area contributed by atoms with Crippen molar-refractivity contribution < 1.29 is 19.4 Å². The van der Waals surface area contributed by atoms with Gasteiger partial charge in [-0.25, -0.2) is 4.79 Å². The summed E-state index contributed by atoms with van der Waals surface area (Å²) in [5, 5.41) is 12.0. The molecule has 0 unspecified atom stereocenters. The Morgan fingerprint density at radius 3 is 2.48 bits per heavy atom. The van der Waals surface area contributed by atoms with E-state index in [0.29, 0.717) is 11.3 Å². The monoisotopic (exact) mass is 341 g/mol. The van der Waals surface area contributed by atoms with Crippen molar-refractivity contribution in [3.05, 3.63) is 58.7 Å². The van der Waals surface area contributed by atoms with E-state index >= 15 is 0 Å². The lowest BCUT2D eigenvalue weighted by molar-refractivity contribution is -0.115. The summed E-state index contributed by atoms with van der Waals surface area (Å²) in [5.41, 5.74) is 3.03. The van der Waals surface area contributed by atoms with Crippen molar-refractivity contribution >= 4 is 17.6 Å². The number of hydrogen-bond acceptors (Lipinski definition) is 3. The number of nitrogens with one attached hydrogen (secondary N) is 1. The van der Waals surface area contributed by atoms with Crippen LogP contribution in [0, 0.1) is 13.8 Å². The molecule has 0 fully saturated rings. The molecule has 2 rings (SSSR count). The number of amides is 1. The first kappa shape index (κ1) is 18.5. The number of aromatic carboxylic acids is 1. The SMILES string of the molecule is Cc1cc(C)c(C(=O)O)cc1NC(=O)Cc1cccc(OC(C)C)c1. The van der Waals surface area contributed by atoms with Gasteiger partial charge in [-0.15, -0.1) is 0 Å². The molecule has 0 saturated carbocycles. The highest BCUT2D eigenvalue weighted by molar-refractivity contribution is 5.96. The summed E-state index contributed by atoms with van der Waals surface area (Å²) in [6.07, 6.45) is 0.249. The summed E-state index contributed by atoms with van der Waals surface area (Å²) in [6.45, 7) is 7.47.